The lowest BCUT2D eigenvalue weighted by molar-refractivity contribution is -0.130. The number of ether oxygens (including phenoxy) is 1. The Bertz CT molecular complexity index is 1580. The SMILES string of the molecule is COc1cccc(-c2ccc(CC(NC(=O)c3ccc4c(N5CCN(C)CC5)nc(N)nc4c3)C(=O)N(C)C)cc2)n1. The number of amides is 2. The molecule has 4 aromatic rings. The van der Waals surface area contributed by atoms with Crippen molar-refractivity contribution in [2.45, 2.75) is 12.5 Å². The number of fused-ring (bicyclic) bond motifs is 1. The Morgan fingerprint density at radius 1 is 1.00 bits per heavy atom. The van der Waals surface area contributed by atoms with E-state index < -0.39 is 6.04 Å². The average molecular weight is 569 g/mol. The molecule has 0 spiro atoms. The summed E-state index contributed by atoms with van der Waals surface area (Å²) in [4.78, 5) is 45.9. The minimum absolute atomic E-state index is 0.155. The first kappa shape index (κ1) is 28.7. The van der Waals surface area contributed by atoms with Crippen molar-refractivity contribution in [3.63, 3.8) is 0 Å². The molecular weight excluding hydrogens is 532 g/mol. The maximum Gasteiger partial charge on any atom is 0.252 e. The minimum atomic E-state index is -0.764. The van der Waals surface area contributed by atoms with E-state index in [9.17, 15) is 9.59 Å². The van der Waals surface area contributed by atoms with Crippen molar-refractivity contribution in [3.05, 3.63) is 71.8 Å². The number of nitrogens with two attached hydrogens (primary N) is 1. The van der Waals surface area contributed by atoms with Crippen molar-refractivity contribution in [1.29, 1.82) is 0 Å². The van der Waals surface area contributed by atoms with Crippen LogP contribution in [0, 0.1) is 0 Å². The zero-order valence-corrected chi connectivity index (χ0v) is 24.4. The highest BCUT2D eigenvalue weighted by atomic mass is 16.5. The minimum Gasteiger partial charge on any atom is -0.481 e. The fraction of sp³-hybridized carbons (Fsp3) is 0.323. The summed E-state index contributed by atoms with van der Waals surface area (Å²) in [6.45, 7) is 3.51. The van der Waals surface area contributed by atoms with Gasteiger partial charge in [-0.25, -0.2) is 9.97 Å². The molecule has 1 fully saturated rings. The lowest BCUT2D eigenvalue weighted by Crippen LogP contribution is -2.47. The van der Waals surface area contributed by atoms with Gasteiger partial charge in [0.05, 0.1) is 18.3 Å². The first-order valence-electron chi connectivity index (χ1n) is 13.8. The Balaban J connectivity index is 1.35. The van der Waals surface area contributed by atoms with Gasteiger partial charge < -0.3 is 30.5 Å². The van der Waals surface area contributed by atoms with Crippen LogP contribution in [-0.2, 0) is 11.2 Å². The number of hydrogen-bond donors (Lipinski definition) is 2. The number of aromatic nitrogens is 3. The topological polar surface area (TPSA) is 130 Å². The Hall–Kier alpha value is -4.77. The third-order valence-electron chi connectivity index (χ3n) is 7.43. The average Bonchev–Trinajstić information content (AvgIpc) is 3.00. The number of piperazine rings is 1. The summed E-state index contributed by atoms with van der Waals surface area (Å²) >= 11 is 0. The van der Waals surface area contributed by atoms with Crippen LogP contribution in [0.5, 0.6) is 5.88 Å². The van der Waals surface area contributed by atoms with E-state index in [1.807, 2.05) is 42.5 Å². The zero-order chi connectivity index (χ0) is 29.8. The molecule has 11 nitrogen and oxygen atoms in total. The first-order chi connectivity index (χ1) is 20.2. The molecule has 2 aromatic carbocycles. The molecule has 5 rings (SSSR count). The Kier molecular flexibility index (Phi) is 8.48. The summed E-state index contributed by atoms with van der Waals surface area (Å²) < 4.78 is 5.23. The lowest BCUT2D eigenvalue weighted by Gasteiger charge is -2.33. The fourth-order valence-electron chi connectivity index (χ4n) is 5.02. The van der Waals surface area contributed by atoms with Crippen LogP contribution in [0.25, 0.3) is 22.2 Å². The zero-order valence-electron chi connectivity index (χ0n) is 24.4. The number of benzene rings is 2. The van der Waals surface area contributed by atoms with E-state index in [-0.39, 0.29) is 17.8 Å². The van der Waals surface area contributed by atoms with Crippen LogP contribution in [0.1, 0.15) is 15.9 Å². The van der Waals surface area contributed by atoms with Crippen LogP contribution in [0.4, 0.5) is 11.8 Å². The molecule has 3 N–H and O–H groups in total. The Morgan fingerprint density at radius 3 is 2.43 bits per heavy atom. The summed E-state index contributed by atoms with van der Waals surface area (Å²) in [5.74, 6) is 0.890. The highest BCUT2D eigenvalue weighted by Crippen LogP contribution is 2.27. The number of anilines is 2. The lowest BCUT2D eigenvalue weighted by atomic mass is 10.0. The van der Waals surface area contributed by atoms with Crippen LogP contribution in [0.2, 0.25) is 0 Å². The van der Waals surface area contributed by atoms with Gasteiger partial charge >= 0.3 is 0 Å². The van der Waals surface area contributed by atoms with Gasteiger partial charge in [-0.2, -0.15) is 4.98 Å². The van der Waals surface area contributed by atoms with Crippen LogP contribution < -0.4 is 20.7 Å². The smallest absolute Gasteiger partial charge is 0.252 e. The Labute approximate surface area is 245 Å². The van der Waals surface area contributed by atoms with Crippen molar-refractivity contribution >= 4 is 34.5 Å². The van der Waals surface area contributed by atoms with Gasteiger partial charge in [-0.15, -0.1) is 0 Å². The predicted molar refractivity (Wildman–Crippen MR) is 164 cm³/mol. The van der Waals surface area contributed by atoms with Gasteiger partial charge in [-0.1, -0.05) is 30.3 Å². The van der Waals surface area contributed by atoms with E-state index >= 15 is 0 Å². The van der Waals surface area contributed by atoms with Crippen LogP contribution in [0.3, 0.4) is 0 Å². The molecule has 1 aliphatic heterocycles. The molecule has 1 aliphatic rings. The largest absolute Gasteiger partial charge is 0.481 e. The molecule has 0 saturated carbocycles. The summed E-state index contributed by atoms with van der Waals surface area (Å²) in [5, 5.41) is 3.77. The van der Waals surface area contributed by atoms with Crippen LogP contribution >= 0.6 is 0 Å². The van der Waals surface area contributed by atoms with Crippen LogP contribution in [-0.4, -0.2) is 97.0 Å². The molecule has 1 unspecified atom stereocenters. The molecule has 0 aliphatic carbocycles. The van der Waals surface area contributed by atoms with Gasteiger partial charge in [0.25, 0.3) is 5.91 Å². The molecule has 218 valence electrons. The maximum atomic E-state index is 13.4. The van der Waals surface area contributed by atoms with Crippen molar-refractivity contribution in [1.82, 2.24) is 30.1 Å². The maximum absolute atomic E-state index is 13.4. The second-order valence-electron chi connectivity index (χ2n) is 10.7. The molecule has 11 heteroatoms. The van der Waals surface area contributed by atoms with Crippen molar-refractivity contribution in [3.8, 4) is 17.1 Å². The highest BCUT2D eigenvalue weighted by Gasteiger charge is 2.25. The molecule has 0 radical (unpaired) electrons. The molecule has 0 bridgehead atoms. The van der Waals surface area contributed by atoms with Gasteiger partial charge in [0.15, 0.2) is 0 Å². The van der Waals surface area contributed by atoms with Crippen molar-refractivity contribution in [2.24, 2.45) is 0 Å². The standard InChI is InChI=1S/C31H36N8O3/c1-37(2)30(41)26(18-20-8-10-21(11-9-20)24-6-5-7-27(33-24)42-4)34-29(40)22-12-13-23-25(19-22)35-31(32)36-28(23)39-16-14-38(3)15-17-39/h5-13,19,26H,14-18H2,1-4H3,(H,34,40)(H2,32,35,36). The molecule has 42 heavy (non-hydrogen) atoms. The molecule has 1 atom stereocenters. The van der Waals surface area contributed by atoms with Gasteiger partial charge in [0.1, 0.15) is 11.9 Å². The Morgan fingerprint density at radius 2 is 1.74 bits per heavy atom. The third-order valence-corrected chi connectivity index (χ3v) is 7.43. The quantitative estimate of drug-likeness (QED) is 0.329. The van der Waals surface area contributed by atoms with E-state index in [1.54, 1.807) is 39.4 Å². The van der Waals surface area contributed by atoms with Gasteiger partial charge in [0, 0.05) is 69.3 Å². The number of hydrogen-bond acceptors (Lipinski definition) is 9. The fourth-order valence-corrected chi connectivity index (χ4v) is 5.02. The molecule has 1 saturated heterocycles. The third kappa shape index (κ3) is 6.41. The van der Waals surface area contributed by atoms with E-state index in [2.05, 4.69) is 37.1 Å². The predicted octanol–water partition coefficient (Wildman–Crippen LogP) is 2.46. The number of nitrogens with one attached hydrogen (secondary N) is 1. The number of methoxy groups -OCH3 is 1. The van der Waals surface area contributed by atoms with Gasteiger partial charge in [-0.05, 0) is 36.9 Å². The normalized spacial score (nSPS) is 14.4. The van der Waals surface area contributed by atoms with Gasteiger partial charge in [0.2, 0.25) is 17.7 Å². The number of carbonyl (C=O) groups is 2. The second kappa shape index (κ2) is 12.4. The molecule has 2 amide bonds. The highest BCUT2D eigenvalue weighted by molar-refractivity contribution is 6.02. The monoisotopic (exact) mass is 568 g/mol. The van der Waals surface area contributed by atoms with E-state index in [4.69, 9.17) is 10.5 Å². The van der Waals surface area contributed by atoms with E-state index in [1.165, 1.54) is 4.90 Å². The van der Waals surface area contributed by atoms with Crippen LogP contribution in [0.15, 0.2) is 60.7 Å². The molecule has 3 heterocycles. The van der Waals surface area contributed by atoms with Crippen molar-refractivity contribution < 1.29 is 14.3 Å². The number of carbonyl (C=O) groups excluding carboxylic acids is 2. The summed E-state index contributed by atoms with van der Waals surface area (Å²) in [7, 11) is 7.03. The summed E-state index contributed by atoms with van der Waals surface area (Å²) in [5.41, 5.74) is 9.65. The number of pyridine rings is 1. The summed E-state index contributed by atoms with van der Waals surface area (Å²) in [6, 6.07) is 17.9. The van der Waals surface area contributed by atoms with Crippen molar-refractivity contribution in [2.75, 3.05) is 65.1 Å². The molecule has 2 aromatic heterocycles. The first-order valence-corrected chi connectivity index (χ1v) is 13.8. The number of likely N-dealkylation sites (N-methyl/N-ethyl adjacent to an activating group) is 2. The van der Waals surface area contributed by atoms with Gasteiger partial charge in [-0.3, -0.25) is 9.59 Å². The summed E-state index contributed by atoms with van der Waals surface area (Å²) in [6.07, 6.45) is 0.324. The number of rotatable bonds is 8. The second-order valence-corrected chi connectivity index (χ2v) is 10.7. The van der Waals surface area contributed by atoms with E-state index in [0.29, 0.717) is 23.4 Å². The van der Waals surface area contributed by atoms with E-state index in [0.717, 1.165) is 54.2 Å². The molecular formula is C31H36N8O3. The number of nitrogen functional groups attached to an aromatic ring is 1. The number of nitrogens with zero attached hydrogens (tertiary/aromatic N) is 6.